The fourth-order valence-corrected chi connectivity index (χ4v) is 3.41. The number of hydrogen-bond acceptors (Lipinski definition) is 6. The number of benzene rings is 1. The first-order valence-electron chi connectivity index (χ1n) is 10.9. The summed E-state index contributed by atoms with van der Waals surface area (Å²) in [5.74, 6) is 0.908. The number of nitrogens with one attached hydrogen (secondary N) is 1. The lowest BCUT2D eigenvalue weighted by atomic mass is 10.1. The Morgan fingerprint density at radius 1 is 1.15 bits per heavy atom. The van der Waals surface area contributed by atoms with Gasteiger partial charge in [0.1, 0.15) is 0 Å². The van der Waals surface area contributed by atoms with Crippen molar-refractivity contribution in [3.63, 3.8) is 0 Å². The van der Waals surface area contributed by atoms with E-state index in [4.69, 9.17) is 4.42 Å². The molecule has 0 unspecified atom stereocenters. The third kappa shape index (κ3) is 6.22. The molecule has 33 heavy (non-hydrogen) atoms. The van der Waals surface area contributed by atoms with Crippen molar-refractivity contribution in [2.75, 3.05) is 5.32 Å². The lowest BCUT2D eigenvalue weighted by Crippen LogP contribution is -2.07. The van der Waals surface area contributed by atoms with Crippen LogP contribution in [0.4, 0.5) is 5.69 Å². The van der Waals surface area contributed by atoms with Gasteiger partial charge in [0.2, 0.25) is 18.2 Å². The molecule has 4 aromatic rings. The first-order valence-corrected chi connectivity index (χ1v) is 10.9. The Morgan fingerprint density at radius 3 is 2.76 bits per heavy atom. The van der Waals surface area contributed by atoms with Gasteiger partial charge < -0.3 is 9.73 Å². The third-order valence-electron chi connectivity index (χ3n) is 4.99. The van der Waals surface area contributed by atoms with Gasteiger partial charge in [-0.05, 0) is 48.2 Å². The SMILES string of the molecule is CC(C)Cn1ccc(-c2ccncc2/C=C/C(=O)Nc2ccc(CCc3nnco3)cc2)n1. The van der Waals surface area contributed by atoms with E-state index in [2.05, 4.69) is 39.4 Å². The Bertz CT molecular complexity index is 1210. The van der Waals surface area contributed by atoms with Gasteiger partial charge in [-0.25, -0.2) is 0 Å². The molecule has 1 N–H and O–H groups in total. The largest absolute Gasteiger partial charge is 0.428 e. The molecule has 0 spiro atoms. The average Bonchev–Trinajstić information content (AvgIpc) is 3.49. The van der Waals surface area contributed by atoms with Crippen LogP contribution in [0.25, 0.3) is 17.3 Å². The molecule has 0 saturated heterocycles. The van der Waals surface area contributed by atoms with E-state index < -0.39 is 0 Å². The minimum absolute atomic E-state index is 0.214. The number of nitrogens with zero attached hydrogens (tertiary/aromatic N) is 5. The first kappa shape index (κ1) is 22.1. The third-order valence-corrected chi connectivity index (χ3v) is 4.99. The van der Waals surface area contributed by atoms with Crippen LogP contribution in [0.1, 0.15) is 30.9 Å². The van der Waals surface area contributed by atoms with Gasteiger partial charge in [-0.15, -0.1) is 10.2 Å². The lowest BCUT2D eigenvalue weighted by molar-refractivity contribution is -0.111. The van der Waals surface area contributed by atoms with Gasteiger partial charge >= 0.3 is 0 Å². The smallest absolute Gasteiger partial charge is 0.248 e. The molecule has 0 aliphatic heterocycles. The van der Waals surface area contributed by atoms with Crippen molar-refractivity contribution in [3.05, 3.63) is 84.5 Å². The first-order chi connectivity index (χ1) is 16.1. The van der Waals surface area contributed by atoms with Crippen LogP contribution in [-0.4, -0.2) is 30.9 Å². The molecule has 3 heterocycles. The molecular formula is C25H26N6O2. The summed E-state index contributed by atoms with van der Waals surface area (Å²) in [5, 5.41) is 15.1. The molecule has 0 aliphatic carbocycles. The van der Waals surface area contributed by atoms with Crippen LogP contribution in [0.2, 0.25) is 0 Å². The Balaban J connectivity index is 1.37. The van der Waals surface area contributed by atoms with Crippen LogP contribution in [0.3, 0.4) is 0 Å². The quantitative estimate of drug-likeness (QED) is 0.385. The number of aryl methyl sites for hydroxylation is 2. The van der Waals surface area contributed by atoms with E-state index in [1.54, 1.807) is 18.5 Å². The van der Waals surface area contributed by atoms with Crippen molar-refractivity contribution in [2.24, 2.45) is 5.92 Å². The van der Waals surface area contributed by atoms with Crippen molar-refractivity contribution in [1.29, 1.82) is 0 Å². The highest BCUT2D eigenvalue weighted by Gasteiger charge is 2.08. The second kappa shape index (κ2) is 10.5. The molecule has 3 aromatic heterocycles. The predicted octanol–water partition coefficient (Wildman–Crippen LogP) is 4.42. The van der Waals surface area contributed by atoms with Gasteiger partial charge in [-0.1, -0.05) is 26.0 Å². The maximum Gasteiger partial charge on any atom is 0.248 e. The van der Waals surface area contributed by atoms with Crippen LogP contribution in [0.15, 0.2) is 71.9 Å². The zero-order chi connectivity index (χ0) is 23.0. The maximum absolute atomic E-state index is 12.5. The topological polar surface area (TPSA) is 98.7 Å². The molecule has 0 atom stereocenters. The second-order valence-corrected chi connectivity index (χ2v) is 8.13. The van der Waals surface area contributed by atoms with Gasteiger partial charge in [-0.2, -0.15) is 5.10 Å². The van der Waals surface area contributed by atoms with Crippen LogP contribution >= 0.6 is 0 Å². The molecule has 4 rings (SSSR count). The van der Waals surface area contributed by atoms with Crippen molar-refractivity contribution < 1.29 is 9.21 Å². The van der Waals surface area contributed by atoms with E-state index in [-0.39, 0.29) is 5.91 Å². The molecule has 1 aromatic carbocycles. The summed E-state index contributed by atoms with van der Waals surface area (Å²) in [7, 11) is 0. The molecule has 0 radical (unpaired) electrons. The molecule has 168 valence electrons. The zero-order valence-corrected chi connectivity index (χ0v) is 18.7. The Labute approximate surface area is 192 Å². The average molecular weight is 443 g/mol. The minimum Gasteiger partial charge on any atom is -0.428 e. The van der Waals surface area contributed by atoms with Gasteiger partial charge in [0.15, 0.2) is 0 Å². The summed E-state index contributed by atoms with van der Waals surface area (Å²) in [4.78, 5) is 16.7. The second-order valence-electron chi connectivity index (χ2n) is 8.13. The highest BCUT2D eigenvalue weighted by atomic mass is 16.4. The van der Waals surface area contributed by atoms with E-state index in [0.717, 1.165) is 41.0 Å². The molecule has 8 heteroatoms. The monoisotopic (exact) mass is 442 g/mol. The number of amides is 1. The molecule has 0 bridgehead atoms. The molecule has 0 fully saturated rings. The molecule has 0 aliphatic rings. The number of anilines is 1. The Hall–Kier alpha value is -4.07. The highest BCUT2D eigenvalue weighted by molar-refractivity contribution is 6.02. The van der Waals surface area contributed by atoms with E-state index in [9.17, 15) is 4.79 Å². The Kier molecular flexibility index (Phi) is 7.04. The fraction of sp³-hybridized carbons (Fsp3) is 0.240. The van der Waals surface area contributed by atoms with Crippen molar-refractivity contribution >= 4 is 17.7 Å². The summed E-state index contributed by atoms with van der Waals surface area (Å²) in [6.45, 7) is 5.17. The number of rotatable bonds is 9. The number of carbonyl (C=O) groups is 1. The summed E-state index contributed by atoms with van der Waals surface area (Å²) in [6.07, 6.45) is 11.5. The van der Waals surface area contributed by atoms with Gasteiger partial charge in [-0.3, -0.25) is 14.5 Å². The van der Waals surface area contributed by atoms with E-state index in [0.29, 0.717) is 18.2 Å². The summed E-state index contributed by atoms with van der Waals surface area (Å²) in [5.41, 5.74) is 4.47. The number of carbonyl (C=O) groups excluding carboxylic acids is 1. The minimum atomic E-state index is -0.214. The van der Waals surface area contributed by atoms with Crippen molar-refractivity contribution in [2.45, 2.75) is 33.2 Å². The highest BCUT2D eigenvalue weighted by Crippen LogP contribution is 2.22. The normalized spacial score (nSPS) is 11.4. The van der Waals surface area contributed by atoms with Crippen molar-refractivity contribution in [1.82, 2.24) is 25.0 Å². The standard InChI is InChI=1S/C25H26N6O2/c1-18(2)16-31-14-12-23(30-31)22-11-13-26-15-20(22)6-9-24(32)28-21-7-3-19(4-8-21)5-10-25-29-27-17-33-25/h3-4,6-9,11-15,17-18H,5,10,16H2,1-2H3,(H,28,32)/b9-6+. The predicted molar refractivity (Wildman–Crippen MR) is 126 cm³/mol. The molecule has 1 amide bonds. The molecule has 0 saturated carbocycles. The van der Waals surface area contributed by atoms with E-state index in [1.165, 1.54) is 12.5 Å². The number of hydrogen-bond donors (Lipinski definition) is 1. The van der Waals surface area contributed by atoms with Gasteiger partial charge in [0.05, 0.1) is 5.69 Å². The maximum atomic E-state index is 12.5. The van der Waals surface area contributed by atoms with Gasteiger partial charge in [0, 0.05) is 54.4 Å². The summed E-state index contributed by atoms with van der Waals surface area (Å²) >= 11 is 0. The lowest BCUT2D eigenvalue weighted by Gasteiger charge is -2.06. The Morgan fingerprint density at radius 2 is 2.00 bits per heavy atom. The summed E-state index contributed by atoms with van der Waals surface area (Å²) < 4.78 is 7.09. The molecule has 8 nitrogen and oxygen atoms in total. The van der Waals surface area contributed by atoms with E-state index >= 15 is 0 Å². The zero-order valence-electron chi connectivity index (χ0n) is 18.7. The van der Waals surface area contributed by atoms with Crippen LogP contribution in [0.5, 0.6) is 0 Å². The van der Waals surface area contributed by atoms with Crippen LogP contribution in [0, 0.1) is 5.92 Å². The van der Waals surface area contributed by atoms with Crippen LogP contribution < -0.4 is 5.32 Å². The summed E-state index contributed by atoms with van der Waals surface area (Å²) in [6, 6.07) is 11.6. The number of pyridine rings is 1. The fourth-order valence-electron chi connectivity index (χ4n) is 3.41. The van der Waals surface area contributed by atoms with E-state index in [1.807, 2.05) is 47.3 Å². The molecular weight excluding hydrogens is 416 g/mol. The van der Waals surface area contributed by atoms with Gasteiger partial charge in [0.25, 0.3) is 0 Å². The van der Waals surface area contributed by atoms with Crippen LogP contribution in [-0.2, 0) is 24.2 Å². The van der Waals surface area contributed by atoms with Crippen molar-refractivity contribution in [3.8, 4) is 11.3 Å². The number of aromatic nitrogens is 5.